The minimum Gasteiger partial charge on any atom is -0.438 e. The monoisotopic (exact) mass is 903 g/mol. The van der Waals surface area contributed by atoms with Gasteiger partial charge in [-0.3, -0.25) is 4.79 Å². The molecule has 13 nitrogen and oxygen atoms in total. The van der Waals surface area contributed by atoms with Crippen molar-refractivity contribution in [2.75, 3.05) is 62.6 Å². The summed E-state index contributed by atoms with van der Waals surface area (Å²) in [5.74, 6) is 3.94. The molecule has 9 atom stereocenters. The Morgan fingerprint density at radius 1 is 0.770 bits per heavy atom. The molecule has 0 aromatic heterocycles. The number of aliphatic hydroxyl groups is 2. The first-order chi connectivity index (χ1) is 29.8. The Hall–Kier alpha value is -0.775. The highest BCUT2D eigenvalue weighted by Gasteiger charge is 2.48. The standard InChI is InChI=1S/C45H87BN4O9S2/c1-6-10-14-15-16-17-18-19-20-21-22-23-24-38(51)41(53)37(49-40(52)25-11-7-2)32-57-45-44(59-46)43(56-28-13-9-4)42(55-27-12-8-3)39(58-45)33-54-29-31-61-35-36(5)34-60-30-26-48-50-47/h36-39,41-45,51,53H,6-35H2,1-5H3,(H,49,52)/t36?,37-,38+,39?,41-,42-,43-,44?,45+/m0/s1. The van der Waals surface area contributed by atoms with E-state index in [1.165, 1.54) is 57.8 Å². The summed E-state index contributed by atoms with van der Waals surface area (Å²) >= 11 is 3.63. The number of carbonyl (C=O) groups is 1. The smallest absolute Gasteiger partial charge is 0.283 e. The van der Waals surface area contributed by atoms with E-state index >= 15 is 0 Å². The van der Waals surface area contributed by atoms with Gasteiger partial charge in [-0.15, -0.1) is 0 Å². The Labute approximate surface area is 380 Å². The first-order valence-electron chi connectivity index (χ1n) is 24.0. The third kappa shape index (κ3) is 28.7. The molecule has 0 aromatic carbocycles. The number of thioether (sulfide) groups is 2. The maximum absolute atomic E-state index is 13.0. The topological polar surface area (TPSA) is 174 Å². The van der Waals surface area contributed by atoms with Crippen LogP contribution in [0.1, 0.15) is 163 Å². The molecule has 1 amide bonds. The fourth-order valence-electron chi connectivity index (χ4n) is 7.17. The second kappa shape index (κ2) is 40.7. The number of rotatable bonds is 43. The van der Waals surface area contributed by atoms with Gasteiger partial charge in [-0.2, -0.15) is 23.5 Å². The number of nitrogens with zero attached hydrogens (tertiary/aromatic N) is 3. The summed E-state index contributed by atoms with van der Waals surface area (Å²) in [5, 5.41) is 29.2. The molecule has 0 aliphatic carbocycles. The van der Waals surface area contributed by atoms with Gasteiger partial charge in [0.05, 0.1) is 32.0 Å². The largest absolute Gasteiger partial charge is 0.438 e. The second-order valence-electron chi connectivity index (χ2n) is 16.7. The Morgan fingerprint density at radius 3 is 1.93 bits per heavy atom. The molecule has 0 bridgehead atoms. The van der Waals surface area contributed by atoms with Crippen molar-refractivity contribution in [3.05, 3.63) is 10.4 Å². The number of ether oxygens (including phenoxy) is 5. The van der Waals surface area contributed by atoms with Gasteiger partial charge >= 0.3 is 0 Å². The average Bonchev–Trinajstić information content (AvgIpc) is 3.26. The molecular weight excluding hydrogens is 815 g/mol. The zero-order valence-electron chi connectivity index (χ0n) is 38.9. The highest BCUT2D eigenvalue weighted by Crippen LogP contribution is 2.30. The van der Waals surface area contributed by atoms with Gasteiger partial charge in [0.2, 0.25) is 5.91 Å². The van der Waals surface area contributed by atoms with Crippen molar-refractivity contribution in [3.8, 4) is 0 Å². The summed E-state index contributed by atoms with van der Waals surface area (Å²) in [4.78, 5) is 15.8. The van der Waals surface area contributed by atoms with Gasteiger partial charge in [-0.25, -0.2) is 0 Å². The second-order valence-corrected chi connectivity index (χ2v) is 19.0. The van der Waals surface area contributed by atoms with E-state index in [4.69, 9.17) is 41.9 Å². The van der Waals surface area contributed by atoms with E-state index in [-0.39, 0.29) is 19.1 Å². The minimum absolute atomic E-state index is 0.145. The van der Waals surface area contributed by atoms with Crippen LogP contribution < -0.4 is 5.32 Å². The SMILES string of the molecule is [B]OC1[C@H](OC[C@H](NC(=O)CCCC)[C@H](O)[C@H](O)CCCCCCCCCCCCCC)OC(COCCSCC(C)CSCCN=[N+]=[N-])[C@H](OCCCC)[C@@H]1OCCCC. The highest BCUT2D eigenvalue weighted by molar-refractivity contribution is 8.00. The normalized spacial score (nSPS) is 21.1. The van der Waals surface area contributed by atoms with E-state index in [1.807, 2.05) is 18.7 Å². The summed E-state index contributed by atoms with van der Waals surface area (Å²) in [5.41, 5.74) is 8.46. The molecule has 3 unspecified atom stereocenters. The number of carbonyl (C=O) groups excluding carboxylic acids is 1. The molecular formula is C45H87BN4O9S2. The predicted molar refractivity (Wildman–Crippen MR) is 252 cm³/mol. The number of nitrogens with one attached hydrogen (secondary N) is 1. The van der Waals surface area contributed by atoms with Crippen LogP contribution in [0.25, 0.3) is 10.4 Å². The highest BCUT2D eigenvalue weighted by atomic mass is 32.2. The van der Waals surface area contributed by atoms with Crippen molar-refractivity contribution < 1.29 is 43.3 Å². The molecule has 1 heterocycles. The van der Waals surface area contributed by atoms with Crippen molar-refractivity contribution in [1.82, 2.24) is 5.32 Å². The predicted octanol–water partition coefficient (Wildman–Crippen LogP) is 9.48. The van der Waals surface area contributed by atoms with E-state index in [9.17, 15) is 15.0 Å². The van der Waals surface area contributed by atoms with Crippen molar-refractivity contribution in [1.29, 1.82) is 0 Å². The number of amides is 1. The molecule has 3 N–H and O–H groups in total. The number of azide groups is 1. The molecule has 1 aliphatic heterocycles. The van der Waals surface area contributed by atoms with E-state index in [2.05, 4.69) is 43.0 Å². The fourth-order valence-corrected chi connectivity index (χ4v) is 9.14. The van der Waals surface area contributed by atoms with E-state index in [0.29, 0.717) is 51.5 Å². The van der Waals surface area contributed by atoms with Crippen LogP contribution in [0.4, 0.5) is 0 Å². The fraction of sp³-hybridized carbons (Fsp3) is 0.978. The van der Waals surface area contributed by atoms with Crippen LogP contribution in [-0.2, 0) is 33.1 Å². The maximum Gasteiger partial charge on any atom is 0.283 e. The Bertz CT molecular complexity index is 1070. The van der Waals surface area contributed by atoms with Gasteiger partial charge in [0, 0.05) is 36.8 Å². The molecule has 2 radical (unpaired) electrons. The van der Waals surface area contributed by atoms with Crippen molar-refractivity contribution >= 4 is 37.5 Å². The van der Waals surface area contributed by atoms with Crippen LogP contribution >= 0.6 is 23.5 Å². The van der Waals surface area contributed by atoms with Crippen molar-refractivity contribution in [3.63, 3.8) is 0 Å². The Kier molecular flexibility index (Phi) is 38.9. The van der Waals surface area contributed by atoms with Gasteiger partial charge in [0.1, 0.15) is 30.5 Å². The van der Waals surface area contributed by atoms with Crippen molar-refractivity contribution in [2.24, 2.45) is 11.0 Å². The van der Waals surface area contributed by atoms with Crippen LogP contribution in [0.3, 0.4) is 0 Å². The van der Waals surface area contributed by atoms with Crippen LogP contribution in [-0.4, -0.2) is 136 Å². The molecule has 0 aromatic rings. The molecule has 1 rings (SSSR count). The summed E-state index contributed by atoms with van der Waals surface area (Å²) in [6, 6.07) is -0.893. The lowest BCUT2D eigenvalue weighted by Crippen LogP contribution is -2.62. The summed E-state index contributed by atoms with van der Waals surface area (Å²) < 4.78 is 37.5. The van der Waals surface area contributed by atoms with Gasteiger partial charge < -0.3 is 43.9 Å². The maximum atomic E-state index is 13.0. The third-order valence-corrected chi connectivity index (χ3v) is 13.5. The number of hydrogen-bond acceptors (Lipinski definition) is 12. The number of aliphatic hydroxyl groups excluding tert-OH is 2. The lowest BCUT2D eigenvalue weighted by atomic mass is 9.97. The molecule has 1 fully saturated rings. The van der Waals surface area contributed by atoms with Crippen LogP contribution in [0.15, 0.2) is 5.11 Å². The molecule has 0 saturated carbocycles. The van der Waals surface area contributed by atoms with E-state index < -0.39 is 49.0 Å². The lowest BCUT2D eigenvalue weighted by molar-refractivity contribution is -0.312. The van der Waals surface area contributed by atoms with Crippen LogP contribution in [0, 0.1) is 5.92 Å². The first-order valence-corrected chi connectivity index (χ1v) is 26.3. The van der Waals surface area contributed by atoms with Crippen LogP contribution in [0.5, 0.6) is 0 Å². The van der Waals surface area contributed by atoms with Gasteiger partial charge in [0.25, 0.3) is 8.05 Å². The molecule has 1 aliphatic rings. The summed E-state index contributed by atoms with van der Waals surface area (Å²) in [6.07, 6.45) is 14.5. The number of unbranched alkanes of at least 4 members (excludes halogenated alkanes) is 14. The molecule has 356 valence electrons. The Balaban J connectivity index is 2.95. The summed E-state index contributed by atoms with van der Waals surface area (Å²) in [7, 11) is 5.96. The molecule has 0 spiro atoms. The van der Waals surface area contributed by atoms with E-state index in [1.54, 1.807) is 11.8 Å². The van der Waals surface area contributed by atoms with Gasteiger partial charge in [0.15, 0.2) is 6.29 Å². The zero-order valence-corrected chi connectivity index (χ0v) is 40.5. The Morgan fingerprint density at radius 2 is 1.34 bits per heavy atom. The number of hydrogen-bond donors (Lipinski definition) is 3. The average molecular weight is 903 g/mol. The lowest BCUT2D eigenvalue weighted by Gasteiger charge is -2.46. The van der Waals surface area contributed by atoms with Crippen molar-refractivity contribution in [2.45, 2.75) is 212 Å². The van der Waals surface area contributed by atoms with E-state index in [0.717, 1.165) is 74.4 Å². The first kappa shape index (κ1) is 58.2. The minimum atomic E-state index is -1.25. The quantitative estimate of drug-likeness (QED) is 0.0175. The molecule has 61 heavy (non-hydrogen) atoms. The van der Waals surface area contributed by atoms with Crippen LogP contribution in [0.2, 0.25) is 0 Å². The van der Waals surface area contributed by atoms with Gasteiger partial charge in [-0.1, -0.05) is 136 Å². The third-order valence-electron chi connectivity index (χ3n) is 10.9. The molecule has 1 saturated heterocycles. The molecule has 16 heteroatoms. The van der Waals surface area contributed by atoms with Gasteiger partial charge in [-0.05, 0) is 54.4 Å². The summed E-state index contributed by atoms with van der Waals surface area (Å²) in [6.45, 7) is 12.8. The zero-order chi connectivity index (χ0) is 44.8.